The number of ether oxygens (including phenoxy) is 1. The van der Waals surface area contributed by atoms with Gasteiger partial charge in [0.05, 0.1) is 25.4 Å². The summed E-state index contributed by atoms with van der Waals surface area (Å²) in [6.07, 6.45) is 0. The van der Waals surface area contributed by atoms with E-state index in [2.05, 4.69) is 10.3 Å². The summed E-state index contributed by atoms with van der Waals surface area (Å²) in [6.45, 7) is 3.48. The van der Waals surface area contributed by atoms with Crippen LogP contribution in [0.5, 0.6) is 0 Å². The quantitative estimate of drug-likeness (QED) is 0.789. The molecule has 1 aromatic carbocycles. The van der Waals surface area contributed by atoms with Crippen molar-refractivity contribution in [2.24, 2.45) is 0 Å². The van der Waals surface area contributed by atoms with Crippen LogP contribution in [0.3, 0.4) is 0 Å². The normalized spacial score (nSPS) is 16.3. The predicted molar refractivity (Wildman–Crippen MR) is 70.2 cm³/mol. The Bertz CT molecular complexity index is 377. The minimum Gasteiger partial charge on any atom is -0.379 e. The van der Waals surface area contributed by atoms with Crippen LogP contribution in [0.2, 0.25) is 0 Å². The number of nitrogens with one attached hydrogen (secondary N) is 1. The lowest BCUT2D eigenvalue weighted by Crippen LogP contribution is -2.47. The Hall–Kier alpha value is -1.59. The average Bonchev–Trinajstić information content (AvgIpc) is 2.40. The van der Waals surface area contributed by atoms with E-state index >= 15 is 0 Å². The predicted octanol–water partition coefficient (Wildman–Crippen LogP) is 0.486. The molecule has 0 aliphatic carbocycles. The lowest BCUT2D eigenvalue weighted by Gasteiger charge is -2.27. The lowest BCUT2D eigenvalue weighted by molar-refractivity contribution is -0.123. The number of amides is 1. The van der Waals surface area contributed by atoms with Crippen molar-refractivity contribution in [2.45, 2.75) is 0 Å². The zero-order valence-electron chi connectivity index (χ0n) is 10.6. The summed E-state index contributed by atoms with van der Waals surface area (Å²) in [5.41, 5.74) is 3.82. The first-order valence-corrected chi connectivity index (χ1v) is 6.14. The van der Waals surface area contributed by atoms with Crippen LogP contribution in [-0.4, -0.2) is 50.7 Å². The number of hydrazine groups is 1. The van der Waals surface area contributed by atoms with Gasteiger partial charge < -0.3 is 4.74 Å². The van der Waals surface area contributed by atoms with Crippen LogP contribution in [0.4, 0.5) is 5.69 Å². The second kappa shape index (κ2) is 6.37. The lowest BCUT2D eigenvalue weighted by atomic mass is 10.3. The fourth-order valence-corrected chi connectivity index (χ4v) is 1.90. The molecule has 5 nitrogen and oxygen atoms in total. The van der Waals surface area contributed by atoms with Gasteiger partial charge in [0.1, 0.15) is 0 Å². The van der Waals surface area contributed by atoms with Gasteiger partial charge in [-0.15, -0.1) is 0 Å². The second-order valence-corrected chi connectivity index (χ2v) is 4.32. The minimum atomic E-state index is 0.00301. The van der Waals surface area contributed by atoms with E-state index in [0.717, 1.165) is 18.8 Å². The minimum absolute atomic E-state index is 0.00301. The van der Waals surface area contributed by atoms with Crippen molar-refractivity contribution in [3.63, 3.8) is 0 Å². The Morgan fingerprint density at radius 1 is 1.33 bits per heavy atom. The van der Waals surface area contributed by atoms with E-state index in [-0.39, 0.29) is 5.91 Å². The smallest absolute Gasteiger partial charge is 0.252 e. The second-order valence-electron chi connectivity index (χ2n) is 4.32. The molecule has 0 aromatic heterocycles. The number of carbonyl (C=O) groups is 1. The van der Waals surface area contributed by atoms with Gasteiger partial charge in [-0.3, -0.25) is 20.1 Å². The number of morpholine rings is 1. The van der Waals surface area contributed by atoms with E-state index in [0.29, 0.717) is 19.8 Å². The van der Waals surface area contributed by atoms with Gasteiger partial charge in [0.25, 0.3) is 5.91 Å². The van der Waals surface area contributed by atoms with Crippen molar-refractivity contribution >= 4 is 11.6 Å². The fourth-order valence-electron chi connectivity index (χ4n) is 1.90. The first kappa shape index (κ1) is 12.9. The molecular formula is C13H19N3O2. The van der Waals surface area contributed by atoms with Crippen molar-refractivity contribution in [3.8, 4) is 0 Å². The molecule has 1 aromatic rings. The highest BCUT2D eigenvalue weighted by molar-refractivity contribution is 5.79. The number of rotatable bonds is 4. The highest BCUT2D eigenvalue weighted by Gasteiger charge is 2.14. The molecule has 0 radical (unpaired) electrons. The molecule has 18 heavy (non-hydrogen) atoms. The van der Waals surface area contributed by atoms with E-state index in [1.54, 1.807) is 5.01 Å². The van der Waals surface area contributed by atoms with Crippen LogP contribution in [0.1, 0.15) is 0 Å². The van der Waals surface area contributed by atoms with Gasteiger partial charge >= 0.3 is 0 Å². The standard InChI is InChI=1S/C13H19N3O2/c1-15(12-5-3-2-4-6-12)14-13(17)11-16-7-9-18-10-8-16/h2-6H,7-11H2,1H3,(H,14,17). The van der Waals surface area contributed by atoms with Crippen molar-refractivity contribution in [1.29, 1.82) is 0 Å². The molecule has 0 atom stereocenters. The number of carbonyl (C=O) groups excluding carboxylic acids is 1. The topological polar surface area (TPSA) is 44.8 Å². The first-order chi connectivity index (χ1) is 8.75. The zero-order valence-corrected chi connectivity index (χ0v) is 10.6. The van der Waals surface area contributed by atoms with Crippen LogP contribution >= 0.6 is 0 Å². The number of anilines is 1. The third-order valence-corrected chi connectivity index (χ3v) is 2.91. The summed E-state index contributed by atoms with van der Waals surface area (Å²) in [7, 11) is 1.84. The van der Waals surface area contributed by atoms with Crippen LogP contribution in [0.25, 0.3) is 0 Å². The maximum atomic E-state index is 11.9. The summed E-state index contributed by atoms with van der Waals surface area (Å²) in [5, 5.41) is 1.74. The molecule has 5 heteroatoms. The number of nitrogens with zero attached hydrogens (tertiary/aromatic N) is 2. The van der Waals surface area contributed by atoms with Crippen molar-refractivity contribution in [1.82, 2.24) is 10.3 Å². The molecule has 1 heterocycles. The van der Waals surface area contributed by atoms with E-state index in [4.69, 9.17) is 4.74 Å². The van der Waals surface area contributed by atoms with Gasteiger partial charge in [-0.05, 0) is 12.1 Å². The average molecular weight is 249 g/mol. The number of hydrogen-bond acceptors (Lipinski definition) is 4. The number of benzene rings is 1. The Morgan fingerprint density at radius 2 is 2.00 bits per heavy atom. The van der Waals surface area contributed by atoms with Crippen LogP contribution in [0, 0.1) is 0 Å². The number of para-hydroxylation sites is 1. The van der Waals surface area contributed by atoms with Gasteiger partial charge in [-0.25, -0.2) is 0 Å². The van der Waals surface area contributed by atoms with E-state index in [9.17, 15) is 4.79 Å². The van der Waals surface area contributed by atoms with Crippen LogP contribution in [-0.2, 0) is 9.53 Å². The fraction of sp³-hybridized carbons (Fsp3) is 0.462. The van der Waals surface area contributed by atoms with E-state index in [1.807, 2.05) is 37.4 Å². The Balaban J connectivity index is 1.80. The van der Waals surface area contributed by atoms with Crippen LogP contribution in [0.15, 0.2) is 30.3 Å². The SMILES string of the molecule is CN(NC(=O)CN1CCOCC1)c1ccccc1. The largest absolute Gasteiger partial charge is 0.379 e. The summed E-state index contributed by atoms with van der Waals surface area (Å²) in [4.78, 5) is 14.0. The third kappa shape index (κ3) is 3.72. The Morgan fingerprint density at radius 3 is 2.67 bits per heavy atom. The summed E-state index contributed by atoms with van der Waals surface area (Å²) in [5.74, 6) is 0.00301. The molecule has 0 spiro atoms. The van der Waals surface area contributed by atoms with Gasteiger partial charge in [0, 0.05) is 20.1 Å². The molecule has 0 unspecified atom stereocenters. The van der Waals surface area contributed by atoms with E-state index < -0.39 is 0 Å². The van der Waals surface area contributed by atoms with Gasteiger partial charge in [0.2, 0.25) is 0 Å². The number of hydrogen-bond donors (Lipinski definition) is 1. The molecule has 1 fully saturated rings. The molecule has 1 saturated heterocycles. The van der Waals surface area contributed by atoms with Crippen molar-refractivity contribution in [2.75, 3.05) is 44.9 Å². The summed E-state index contributed by atoms with van der Waals surface area (Å²) < 4.78 is 5.25. The third-order valence-electron chi connectivity index (χ3n) is 2.91. The molecule has 2 rings (SSSR count). The Labute approximate surface area is 107 Å². The highest BCUT2D eigenvalue weighted by Crippen LogP contribution is 2.08. The Kier molecular flexibility index (Phi) is 4.55. The molecular weight excluding hydrogens is 230 g/mol. The first-order valence-electron chi connectivity index (χ1n) is 6.14. The molecule has 1 amide bonds. The maximum absolute atomic E-state index is 11.9. The zero-order chi connectivity index (χ0) is 12.8. The summed E-state index contributed by atoms with van der Waals surface area (Å²) >= 11 is 0. The molecule has 1 N–H and O–H groups in total. The maximum Gasteiger partial charge on any atom is 0.252 e. The molecule has 0 bridgehead atoms. The van der Waals surface area contributed by atoms with Gasteiger partial charge in [-0.2, -0.15) is 0 Å². The molecule has 98 valence electrons. The monoisotopic (exact) mass is 249 g/mol. The summed E-state index contributed by atoms with van der Waals surface area (Å²) in [6, 6.07) is 9.75. The van der Waals surface area contributed by atoms with Crippen LogP contribution < -0.4 is 10.4 Å². The van der Waals surface area contributed by atoms with Crippen molar-refractivity contribution in [3.05, 3.63) is 30.3 Å². The molecule has 1 aliphatic rings. The van der Waals surface area contributed by atoms with Crippen molar-refractivity contribution < 1.29 is 9.53 Å². The molecule has 1 aliphatic heterocycles. The van der Waals surface area contributed by atoms with E-state index in [1.165, 1.54) is 0 Å². The van der Waals surface area contributed by atoms with Gasteiger partial charge in [-0.1, -0.05) is 18.2 Å². The highest BCUT2D eigenvalue weighted by atomic mass is 16.5. The molecule has 0 saturated carbocycles. The van der Waals surface area contributed by atoms with Gasteiger partial charge in [0.15, 0.2) is 0 Å².